The molecule has 1 aromatic heterocycles. The van der Waals surface area contributed by atoms with Crippen molar-refractivity contribution in [1.82, 2.24) is 20.0 Å². The van der Waals surface area contributed by atoms with Crippen LogP contribution in [0.1, 0.15) is 48.3 Å². The summed E-state index contributed by atoms with van der Waals surface area (Å²) < 4.78 is 1.94. The van der Waals surface area contributed by atoms with Gasteiger partial charge in [0.2, 0.25) is 0 Å². The summed E-state index contributed by atoms with van der Waals surface area (Å²) in [5.74, 6) is 0.829. The van der Waals surface area contributed by atoms with E-state index in [1.54, 1.807) is 6.20 Å². The SMILES string of the molecule is CCc1c(C(=O)NCCN2CCC(C)CC2)cnn1Cc1ccccc1. The highest BCUT2D eigenvalue weighted by Crippen LogP contribution is 2.15. The predicted molar refractivity (Wildman–Crippen MR) is 104 cm³/mol. The van der Waals surface area contributed by atoms with Crippen molar-refractivity contribution in [3.8, 4) is 0 Å². The molecule has 0 aliphatic carbocycles. The normalized spacial score (nSPS) is 15.9. The maximum atomic E-state index is 12.6. The standard InChI is InChI=1S/C21H30N4O/c1-3-20-19(15-23-25(20)16-18-7-5-4-6-8-18)21(26)22-11-14-24-12-9-17(2)10-13-24/h4-8,15,17H,3,9-14,16H2,1-2H3,(H,22,26). The van der Waals surface area contributed by atoms with Crippen molar-refractivity contribution in [3.63, 3.8) is 0 Å². The van der Waals surface area contributed by atoms with Gasteiger partial charge < -0.3 is 10.2 Å². The van der Waals surface area contributed by atoms with Crippen molar-refractivity contribution in [2.45, 2.75) is 39.7 Å². The molecule has 1 N–H and O–H groups in total. The van der Waals surface area contributed by atoms with E-state index in [4.69, 9.17) is 0 Å². The van der Waals surface area contributed by atoms with Crippen LogP contribution in [0.25, 0.3) is 0 Å². The van der Waals surface area contributed by atoms with E-state index in [0.29, 0.717) is 18.7 Å². The van der Waals surface area contributed by atoms with Gasteiger partial charge in [0, 0.05) is 13.1 Å². The van der Waals surface area contributed by atoms with E-state index in [1.165, 1.54) is 18.4 Å². The topological polar surface area (TPSA) is 50.2 Å². The number of carbonyl (C=O) groups is 1. The monoisotopic (exact) mass is 354 g/mol. The highest BCUT2D eigenvalue weighted by Gasteiger charge is 2.18. The van der Waals surface area contributed by atoms with E-state index in [-0.39, 0.29) is 5.91 Å². The molecule has 2 aromatic rings. The number of nitrogens with zero attached hydrogens (tertiary/aromatic N) is 3. The highest BCUT2D eigenvalue weighted by molar-refractivity contribution is 5.95. The fourth-order valence-corrected chi connectivity index (χ4v) is 3.57. The molecule has 2 heterocycles. The first-order valence-corrected chi connectivity index (χ1v) is 9.76. The number of rotatable bonds is 7. The van der Waals surface area contributed by atoms with Crippen LogP contribution >= 0.6 is 0 Å². The molecule has 0 unspecified atom stereocenters. The van der Waals surface area contributed by atoms with E-state index < -0.39 is 0 Å². The van der Waals surface area contributed by atoms with E-state index >= 15 is 0 Å². The van der Waals surface area contributed by atoms with Gasteiger partial charge >= 0.3 is 0 Å². The van der Waals surface area contributed by atoms with Crippen LogP contribution in [0.15, 0.2) is 36.5 Å². The van der Waals surface area contributed by atoms with E-state index in [1.807, 2.05) is 22.9 Å². The van der Waals surface area contributed by atoms with Crippen molar-refractivity contribution in [1.29, 1.82) is 0 Å². The predicted octanol–water partition coefficient (Wildman–Crippen LogP) is 2.96. The second-order valence-corrected chi connectivity index (χ2v) is 7.28. The second kappa shape index (κ2) is 8.99. The minimum absolute atomic E-state index is 0.00783. The number of hydrogen-bond donors (Lipinski definition) is 1. The van der Waals surface area contributed by atoms with Crippen molar-refractivity contribution in [2.75, 3.05) is 26.2 Å². The van der Waals surface area contributed by atoms with Gasteiger partial charge in [-0.1, -0.05) is 44.2 Å². The maximum Gasteiger partial charge on any atom is 0.254 e. The van der Waals surface area contributed by atoms with Crippen LogP contribution in [0.5, 0.6) is 0 Å². The summed E-state index contributed by atoms with van der Waals surface area (Å²) in [7, 11) is 0. The van der Waals surface area contributed by atoms with Gasteiger partial charge in [0.05, 0.1) is 24.0 Å². The molecule has 1 amide bonds. The molecule has 0 saturated carbocycles. The summed E-state index contributed by atoms with van der Waals surface area (Å²) in [6.45, 7) is 9.00. The van der Waals surface area contributed by atoms with Crippen LogP contribution in [-0.4, -0.2) is 46.8 Å². The number of nitrogens with one attached hydrogen (secondary N) is 1. The fourth-order valence-electron chi connectivity index (χ4n) is 3.57. The first kappa shape index (κ1) is 18.6. The summed E-state index contributed by atoms with van der Waals surface area (Å²) in [5.41, 5.74) is 2.89. The molecule has 0 radical (unpaired) electrons. The Morgan fingerprint density at radius 3 is 2.65 bits per heavy atom. The van der Waals surface area contributed by atoms with Gasteiger partial charge in [-0.15, -0.1) is 0 Å². The lowest BCUT2D eigenvalue weighted by atomic mass is 9.99. The molecule has 140 valence electrons. The quantitative estimate of drug-likeness (QED) is 0.832. The van der Waals surface area contributed by atoms with Crippen molar-refractivity contribution in [2.24, 2.45) is 5.92 Å². The number of hydrogen-bond acceptors (Lipinski definition) is 3. The van der Waals surface area contributed by atoms with Gasteiger partial charge in [-0.3, -0.25) is 9.48 Å². The molecular weight excluding hydrogens is 324 g/mol. The molecule has 1 aliphatic heterocycles. The average Bonchev–Trinajstić information content (AvgIpc) is 3.06. The molecule has 3 rings (SSSR count). The van der Waals surface area contributed by atoms with E-state index in [0.717, 1.165) is 37.7 Å². The summed E-state index contributed by atoms with van der Waals surface area (Å²) in [5, 5.41) is 7.53. The molecule has 0 atom stereocenters. The van der Waals surface area contributed by atoms with Gasteiger partial charge in [-0.25, -0.2) is 0 Å². The molecule has 1 saturated heterocycles. The van der Waals surface area contributed by atoms with E-state index in [2.05, 4.69) is 41.3 Å². The van der Waals surface area contributed by atoms with Crippen LogP contribution in [0.2, 0.25) is 0 Å². The molecule has 5 nitrogen and oxygen atoms in total. The number of carbonyl (C=O) groups excluding carboxylic acids is 1. The Labute approximate surface area is 156 Å². The maximum absolute atomic E-state index is 12.6. The first-order valence-electron chi connectivity index (χ1n) is 9.76. The Kier molecular flexibility index (Phi) is 6.45. The van der Waals surface area contributed by atoms with Crippen molar-refractivity contribution < 1.29 is 4.79 Å². The molecule has 5 heteroatoms. The Bertz CT molecular complexity index is 702. The number of benzene rings is 1. The van der Waals surface area contributed by atoms with Gasteiger partial charge in [0.25, 0.3) is 5.91 Å². The molecule has 0 bridgehead atoms. The van der Waals surface area contributed by atoms with Gasteiger partial charge in [-0.2, -0.15) is 5.10 Å². The smallest absolute Gasteiger partial charge is 0.254 e. The molecule has 1 fully saturated rings. The van der Waals surface area contributed by atoms with Gasteiger partial charge in [0.15, 0.2) is 0 Å². The number of likely N-dealkylation sites (tertiary alicyclic amines) is 1. The lowest BCUT2D eigenvalue weighted by Crippen LogP contribution is -2.39. The number of amides is 1. The van der Waals surface area contributed by atoms with Gasteiger partial charge in [0.1, 0.15) is 0 Å². The molecule has 1 aromatic carbocycles. The third kappa shape index (κ3) is 4.73. The lowest BCUT2D eigenvalue weighted by Gasteiger charge is -2.30. The molecular formula is C21H30N4O. The summed E-state index contributed by atoms with van der Waals surface area (Å²) >= 11 is 0. The Morgan fingerprint density at radius 2 is 1.96 bits per heavy atom. The number of aromatic nitrogens is 2. The molecule has 26 heavy (non-hydrogen) atoms. The van der Waals surface area contributed by atoms with Gasteiger partial charge in [-0.05, 0) is 43.8 Å². The Hall–Kier alpha value is -2.14. The minimum Gasteiger partial charge on any atom is -0.351 e. The zero-order valence-corrected chi connectivity index (χ0v) is 15.9. The third-order valence-electron chi connectivity index (χ3n) is 5.29. The van der Waals surface area contributed by atoms with E-state index in [9.17, 15) is 4.79 Å². The highest BCUT2D eigenvalue weighted by atomic mass is 16.1. The largest absolute Gasteiger partial charge is 0.351 e. The van der Waals surface area contributed by atoms with Crippen LogP contribution in [-0.2, 0) is 13.0 Å². The fraction of sp³-hybridized carbons (Fsp3) is 0.524. The van der Waals surface area contributed by atoms with Crippen LogP contribution in [0, 0.1) is 5.92 Å². The van der Waals surface area contributed by atoms with Crippen molar-refractivity contribution >= 4 is 5.91 Å². The minimum atomic E-state index is -0.00783. The zero-order valence-electron chi connectivity index (χ0n) is 15.9. The Morgan fingerprint density at radius 1 is 1.23 bits per heavy atom. The second-order valence-electron chi connectivity index (χ2n) is 7.28. The summed E-state index contributed by atoms with van der Waals surface area (Å²) in [4.78, 5) is 15.0. The van der Waals surface area contributed by atoms with Crippen LogP contribution < -0.4 is 5.32 Å². The van der Waals surface area contributed by atoms with Crippen LogP contribution in [0.3, 0.4) is 0 Å². The molecule has 0 spiro atoms. The average molecular weight is 354 g/mol. The first-order chi connectivity index (χ1) is 12.7. The lowest BCUT2D eigenvalue weighted by molar-refractivity contribution is 0.0943. The summed E-state index contributed by atoms with van der Waals surface area (Å²) in [6, 6.07) is 10.2. The van der Waals surface area contributed by atoms with Crippen LogP contribution in [0.4, 0.5) is 0 Å². The molecule has 1 aliphatic rings. The zero-order chi connectivity index (χ0) is 18.4. The Balaban J connectivity index is 1.55. The third-order valence-corrected chi connectivity index (χ3v) is 5.29. The van der Waals surface area contributed by atoms with Crippen molar-refractivity contribution in [3.05, 3.63) is 53.3 Å². The summed E-state index contributed by atoms with van der Waals surface area (Å²) in [6.07, 6.45) is 5.03. The number of piperidine rings is 1.